The van der Waals surface area contributed by atoms with E-state index in [4.69, 9.17) is 9.11 Å². The number of carbonyl (C=O) groups excluding carboxylic acids is 1. The van der Waals surface area contributed by atoms with Crippen molar-refractivity contribution < 1.29 is 23.2 Å². The number of aliphatic hydroxyl groups excluding tert-OH is 1. The summed E-state index contributed by atoms with van der Waals surface area (Å²) < 4.78 is 29.3. The van der Waals surface area contributed by atoms with Crippen LogP contribution in [0.5, 0.6) is 0 Å². The average Bonchev–Trinajstić information content (AvgIpc) is 2.97. The molecule has 0 heterocycles. The number of rotatable bonds is 3. The molecule has 0 radical (unpaired) electrons. The molecule has 0 spiro atoms. The van der Waals surface area contributed by atoms with Gasteiger partial charge in [-0.05, 0) is 92.3 Å². The van der Waals surface area contributed by atoms with Crippen LogP contribution in [0.15, 0.2) is 0 Å². The largest absolute Gasteiger partial charge is 0.430 e. The Hall–Kier alpha value is -0.0800. The fourth-order valence-corrected chi connectivity index (χ4v) is 9.28. The molecule has 0 amide bonds. The van der Waals surface area contributed by atoms with Crippen LogP contribution in [0.2, 0.25) is 0 Å². The molecule has 4 rings (SSSR count). The Balaban J connectivity index is 1.54. The minimum atomic E-state index is -3.92. The molecular weight excluding hydrogens is 396 g/mol. The molecule has 5 nitrogen and oxygen atoms in total. The van der Waals surface area contributed by atoms with E-state index in [2.05, 4.69) is 13.8 Å². The number of carbonyl (C=O) groups is 1. The van der Waals surface area contributed by atoms with Crippen LogP contribution in [0, 0.1) is 40.4 Å². The summed E-state index contributed by atoms with van der Waals surface area (Å²) in [6.07, 6.45) is 9.48. The Morgan fingerprint density at radius 2 is 1.68 bits per heavy atom. The Labute approximate surface area is 172 Å². The van der Waals surface area contributed by atoms with Gasteiger partial charge >= 0.3 is 19.4 Å². The number of hydrogen-bond acceptors (Lipinski definition) is 3. The van der Waals surface area contributed by atoms with Crippen LogP contribution < -0.4 is 0 Å². The number of hydrogen-bond donors (Lipinski definition) is 3. The first-order valence-electron chi connectivity index (χ1n) is 10.9. The first-order valence-corrected chi connectivity index (χ1v) is 13.9. The number of Topliss-reactive ketones (excluding diaryl/α,β-unsaturated/α-hetero) is 1. The van der Waals surface area contributed by atoms with Gasteiger partial charge < -0.3 is 5.11 Å². The zero-order valence-electron chi connectivity index (χ0n) is 17.0. The Bertz CT molecular complexity index is 752. The van der Waals surface area contributed by atoms with E-state index in [9.17, 15) is 14.1 Å². The summed E-state index contributed by atoms with van der Waals surface area (Å²) in [5.41, 5.74) is 0.322. The van der Waals surface area contributed by atoms with Crippen LogP contribution in [0.4, 0.5) is 0 Å². The molecule has 7 heteroatoms. The number of fused-ring (bicyclic) bond motifs is 5. The highest BCUT2D eigenvalue weighted by atomic mass is 32.9. The van der Waals surface area contributed by atoms with Gasteiger partial charge in [0.2, 0.25) is 5.75 Å². The van der Waals surface area contributed by atoms with E-state index in [-0.39, 0.29) is 29.0 Å². The lowest BCUT2D eigenvalue weighted by Crippen LogP contribution is -2.54. The molecule has 8 atom stereocenters. The predicted molar refractivity (Wildman–Crippen MR) is 112 cm³/mol. The van der Waals surface area contributed by atoms with Crippen molar-refractivity contribution >= 4 is 25.2 Å². The summed E-state index contributed by atoms with van der Waals surface area (Å²) in [4.78, 5) is 12.8. The van der Waals surface area contributed by atoms with Crippen molar-refractivity contribution in [2.75, 3.05) is 5.75 Å². The Morgan fingerprint density at radius 1 is 1.00 bits per heavy atom. The second kappa shape index (κ2) is 7.26. The molecule has 0 aromatic rings. The molecular formula is C21H35O5S2+. The third-order valence-corrected chi connectivity index (χ3v) is 11.4. The summed E-state index contributed by atoms with van der Waals surface area (Å²) in [5, 5.41) is 10.2. The minimum Gasteiger partial charge on any atom is -0.393 e. The van der Waals surface area contributed by atoms with Gasteiger partial charge in [0.15, 0.2) is 5.78 Å². The van der Waals surface area contributed by atoms with Crippen molar-refractivity contribution in [1.82, 2.24) is 0 Å². The maximum atomic E-state index is 12.8. The van der Waals surface area contributed by atoms with Gasteiger partial charge in [0.25, 0.3) is 0 Å². The quantitative estimate of drug-likeness (QED) is 0.591. The molecule has 0 aromatic carbocycles. The van der Waals surface area contributed by atoms with E-state index in [0.717, 1.165) is 44.9 Å². The second-order valence-corrected chi connectivity index (χ2v) is 13.9. The zero-order chi connectivity index (χ0) is 20.3. The fourth-order valence-electron chi connectivity index (χ4n) is 8.00. The van der Waals surface area contributed by atoms with Gasteiger partial charge in [0.1, 0.15) is 0 Å². The van der Waals surface area contributed by atoms with Crippen molar-refractivity contribution in [2.45, 2.75) is 77.7 Å². The van der Waals surface area contributed by atoms with E-state index in [1.54, 1.807) is 0 Å². The summed E-state index contributed by atoms with van der Waals surface area (Å²) in [6.45, 7) is 4.75. The summed E-state index contributed by atoms with van der Waals surface area (Å²) in [7, 11) is -3.45. The molecule has 0 aromatic heterocycles. The van der Waals surface area contributed by atoms with E-state index in [1.807, 2.05) is 0 Å². The Morgan fingerprint density at radius 3 is 2.39 bits per heavy atom. The van der Waals surface area contributed by atoms with Gasteiger partial charge in [-0.1, -0.05) is 13.8 Å². The predicted octanol–water partition coefficient (Wildman–Crippen LogP) is 3.80. The van der Waals surface area contributed by atoms with Crippen molar-refractivity contribution in [2.24, 2.45) is 40.4 Å². The highest BCUT2D eigenvalue weighted by molar-refractivity contribution is 8.34. The standard InChI is InChI=1S/C21H34O5S2/c1-20-9-7-14(22)11-13(20)3-4-15-16-5-6-18(19(23)12-27-28(24,25)26)21(16,2)10-8-17(15)20/h13-18,22H,3-12H2,1-2H3,(H-,24,25,26)/p+1/t13-,14+,15-,16-,17-,18+,20-,21-/m0/s1. The maximum absolute atomic E-state index is 12.8. The van der Waals surface area contributed by atoms with Gasteiger partial charge in [-0.25, -0.2) is 0 Å². The highest BCUT2D eigenvalue weighted by Crippen LogP contribution is 2.67. The lowest BCUT2D eigenvalue weighted by molar-refractivity contribution is -0.138. The van der Waals surface area contributed by atoms with Gasteiger partial charge in [0, 0.05) is 5.92 Å². The Kier molecular flexibility index (Phi) is 5.49. The first kappa shape index (κ1) is 21.2. The molecule has 0 aliphatic heterocycles. The van der Waals surface area contributed by atoms with Crippen molar-refractivity contribution in [3.05, 3.63) is 0 Å². The monoisotopic (exact) mass is 431 g/mol. The molecule has 160 valence electrons. The zero-order valence-corrected chi connectivity index (χ0v) is 18.6. The summed E-state index contributed by atoms with van der Waals surface area (Å²) in [6, 6.07) is 0. The normalized spacial score (nSPS) is 48.3. The van der Waals surface area contributed by atoms with Crippen LogP contribution >= 0.6 is 0 Å². The van der Waals surface area contributed by atoms with Crippen LogP contribution in [0.25, 0.3) is 0 Å². The summed E-state index contributed by atoms with van der Waals surface area (Å²) in [5.74, 6) is 2.47. The van der Waals surface area contributed by atoms with E-state index < -0.39 is 9.05 Å². The van der Waals surface area contributed by atoms with Crippen LogP contribution in [-0.2, 0) is 24.2 Å². The van der Waals surface area contributed by atoms with Crippen molar-refractivity contribution in [3.63, 3.8) is 0 Å². The molecule has 4 fully saturated rings. The first-order chi connectivity index (χ1) is 13.0. The number of ketones is 1. The molecule has 0 unspecified atom stereocenters. The van der Waals surface area contributed by atoms with E-state index in [0.29, 0.717) is 39.4 Å². The average molecular weight is 432 g/mol. The maximum Gasteiger partial charge on any atom is 0.430 e. The van der Waals surface area contributed by atoms with Gasteiger partial charge in [-0.3, -0.25) is 13.9 Å². The molecule has 0 bridgehead atoms. The molecule has 4 aliphatic rings. The SMILES string of the molecule is C[C@]12CC[C@@H](O)C[C@@H]1CC[C@@H]1[C@@H]2CC[C@]2(C)[C@@H](C(=O)C[S+]=S(=O)(O)O)CC[C@@H]12. The molecule has 28 heavy (non-hydrogen) atoms. The highest BCUT2D eigenvalue weighted by Gasteiger charge is 2.61. The summed E-state index contributed by atoms with van der Waals surface area (Å²) >= 11 is 0. The van der Waals surface area contributed by atoms with E-state index in [1.165, 1.54) is 12.8 Å². The number of aliphatic hydroxyl groups is 1. The third kappa shape index (κ3) is 3.49. The second-order valence-electron chi connectivity index (χ2n) is 10.4. The fraction of sp³-hybridized carbons (Fsp3) is 0.952. The van der Waals surface area contributed by atoms with Crippen LogP contribution in [0.1, 0.15) is 71.6 Å². The van der Waals surface area contributed by atoms with Crippen molar-refractivity contribution in [3.8, 4) is 0 Å². The lowest BCUT2D eigenvalue weighted by atomic mass is 9.44. The topological polar surface area (TPSA) is 94.8 Å². The van der Waals surface area contributed by atoms with Gasteiger partial charge in [-0.15, -0.1) is 0 Å². The van der Waals surface area contributed by atoms with E-state index >= 15 is 0 Å². The third-order valence-electron chi connectivity index (χ3n) is 9.38. The smallest absolute Gasteiger partial charge is 0.393 e. The van der Waals surface area contributed by atoms with Gasteiger partial charge in [-0.2, -0.15) is 4.21 Å². The molecule has 4 aliphatic carbocycles. The molecule has 3 N–H and O–H groups in total. The molecule has 4 saturated carbocycles. The van der Waals surface area contributed by atoms with Gasteiger partial charge in [0.05, 0.1) is 6.10 Å². The van der Waals surface area contributed by atoms with Crippen molar-refractivity contribution in [1.29, 1.82) is 0 Å². The van der Waals surface area contributed by atoms with Crippen LogP contribution in [-0.4, -0.2) is 36.1 Å². The molecule has 0 saturated heterocycles. The van der Waals surface area contributed by atoms with Crippen LogP contribution in [0.3, 0.4) is 0 Å². The minimum absolute atomic E-state index is 0.0119. The lowest BCUT2D eigenvalue weighted by Gasteiger charge is -2.60.